The van der Waals surface area contributed by atoms with E-state index < -0.39 is 0 Å². The van der Waals surface area contributed by atoms with Gasteiger partial charge in [-0.05, 0) is 32.9 Å². The summed E-state index contributed by atoms with van der Waals surface area (Å²) in [6.45, 7) is 9.09. The number of methoxy groups -OCH3 is 1. The minimum absolute atomic E-state index is 0.104. The zero-order valence-electron chi connectivity index (χ0n) is 12.2. The molecule has 0 heterocycles. The van der Waals surface area contributed by atoms with Crippen LogP contribution in [0.25, 0.3) is 0 Å². The Morgan fingerprint density at radius 3 is 2.47 bits per heavy atom. The average Bonchev–Trinajstić information content (AvgIpc) is 2.44. The number of hydrogen-bond acceptors (Lipinski definition) is 3. The van der Waals surface area contributed by atoms with Crippen molar-refractivity contribution in [2.24, 2.45) is 0 Å². The van der Waals surface area contributed by atoms with Crippen molar-refractivity contribution in [3.63, 3.8) is 0 Å². The predicted octanol–water partition coefficient (Wildman–Crippen LogP) is 1.17. The van der Waals surface area contributed by atoms with E-state index in [-0.39, 0.29) is 12.1 Å². The molecule has 0 saturated heterocycles. The highest BCUT2D eigenvalue weighted by Gasteiger charge is 2.18. The molecule has 0 fully saturated rings. The molecule has 1 rings (SSSR count). The third kappa shape index (κ3) is 4.56. The van der Waals surface area contributed by atoms with Crippen LogP contribution >= 0.6 is 0 Å². The molecule has 0 amide bonds. The van der Waals surface area contributed by atoms with Gasteiger partial charge in [0.15, 0.2) is 0 Å². The molecule has 1 aromatic carbocycles. The van der Waals surface area contributed by atoms with E-state index in [1.807, 2.05) is 13.0 Å². The van der Waals surface area contributed by atoms with Crippen LogP contribution in [0.2, 0.25) is 0 Å². The Kier molecular flexibility index (Phi) is 6.36. The Labute approximate surface area is 115 Å². The zero-order valence-corrected chi connectivity index (χ0v) is 12.2. The molecule has 0 radical (unpaired) electrons. The van der Waals surface area contributed by atoms with Gasteiger partial charge >= 0.3 is 5.97 Å². The third-order valence-electron chi connectivity index (χ3n) is 3.21. The Morgan fingerprint density at radius 1 is 1.26 bits per heavy atom. The fourth-order valence-electron chi connectivity index (χ4n) is 2.05. The molecule has 0 unspecified atom stereocenters. The summed E-state index contributed by atoms with van der Waals surface area (Å²) in [5.41, 5.74) is 0.478. The van der Waals surface area contributed by atoms with E-state index in [2.05, 4.69) is 13.8 Å². The number of likely N-dealkylation sites (N-methyl/N-ethyl adjacent to an activating group) is 1. The summed E-state index contributed by atoms with van der Waals surface area (Å²) >= 11 is 0. The van der Waals surface area contributed by atoms with Crippen LogP contribution in [-0.2, 0) is 4.74 Å². The number of nitrogens with one attached hydrogen (secondary N) is 1. The van der Waals surface area contributed by atoms with Crippen LogP contribution in [0.15, 0.2) is 24.3 Å². The molecule has 0 aliphatic heterocycles. The van der Waals surface area contributed by atoms with Gasteiger partial charge < -0.3 is 14.4 Å². The van der Waals surface area contributed by atoms with Crippen LogP contribution in [0.1, 0.15) is 31.1 Å². The van der Waals surface area contributed by atoms with Gasteiger partial charge in [0.1, 0.15) is 24.0 Å². The number of hydrogen-bond donors (Lipinski definition) is 1. The molecule has 0 aliphatic carbocycles. The van der Waals surface area contributed by atoms with Crippen LogP contribution in [0, 0.1) is 0 Å². The Balaban J connectivity index is 2.63. The molecule has 4 heteroatoms. The third-order valence-corrected chi connectivity index (χ3v) is 3.21. The van der Waals surface area contributed by atoms with Crippen LogP contribution in [0.4, 0.5) is 0 Å². The first-order valence-corrected chi connectivity index (χ1v) is 6.79. The normalized spacial score (nSPS) is 12.3. The van der Waals surface area contributed by atoms with Crippen molar-refractivity contribution in [3.05, 3.63) is 29.8 Å². The lowest BCUT2D eigenvalue weighted by atomic mass is 10.2. The first kappa shape index (κ1) is 15.5. The van der Waals surface area contributed by atoms with Crippen LogP contribution < -0.4 is 9.64 Å². The number of benzene rings is 1. The number of ether oxygens (including phenoxy) is 2. The first-order valence-electron chi connectivity index (χ1n) is 6.79. The highest BCUT2D eigenvalue weighted by molar-refractivity contribution is 5.92. The molecular weight excluding hydrogens is 242 g/mol. The summed E-state index contributed by atoms with van der Waals surface area (Å²) in [7, 11) is 1.55. The Bertz CT molecular complexity index is 402. The number of esters is 1. The number of quaternary nitrogens is 1. The van der Waals surface area contributed by atoms with E-state index in [9.17, 15) is 4.79 Å². The summed E-state index contributed by atoms with van der Waals surface area (Å²) in [4.78, 5) is 13.5. The van der Waals surface area contributed by atoms with Crippen molar-refractivity contribution in [1.82, 2.24) is 0 Å². The standard InChI is InChI=1S/C15H23NO3/c1-5-16(6-2)11-12(3)19-15(17)13-9-7-8-10-14(13)18-4/h7-10,12H,5-6,11H2,1-4H3/p+1/t12-/m1/s1. The molecule has 1 aromatic rings. The fraction of sp³-hybridized carbons (Fsp3) is 0.533. The number of carbonyl (C=O) groups is 1. The molecule has 19 heavy (non-hydrogen) atoms. The van der Waals surface area contributed by atoms with Gasteiger partial charge in [0.25, 0.3) is 0 Å². The smallest absolute Gasteiger partial charge is 0.342 e. The molecule has 106 valence electrons. The van der Waals surface area contributed by atoms with Gasteiger partial charge in [-0.2, -0.15) is 0 Å². The summed E-state index contributed by atoms with van der Waals surface area (Å²) in [5.74, 6) is 0.228. The van der Waals surface area contributed by atoms with Gasteiger partial charge in [-0.1, -0.05) is 12.1 Å². The van der Waals surface area contributed by atoms with Gasteiger partial charge in [-0.15, -0.1) is 0 Å². The lowest BCUT2D eigenvalue weighted by Crippen LogP contribution is -3.12. The van der Waals surface area contributed by atoms with Crippen LogP contribution in [0.3, 0.4) is 0 Å². The van der Waals surface area contributed by atoms with Crippen molar-refractivity contribution in [2.75, 3.05) is 26.7 Å². The SMILES string of the molecule is CC[NH+](CC)C[C@@H](C)OC(=O)c1ccccc1OC. The minimum Gasteiger partial charge on any atom is -0.496 e. The highest BCUT2D eigenvalue weighted by Crippen LogP contribution is 2.18. The number of rotatable bonds is 7. The second-order valence-corrected chi connectivity index (χ2v) is 4.58. The Hall–Kier alpha value is -1.55. The predicted molar refractivity (Wildman–Crippen MR) is 74.8 cm³/mol. The maximum atomic E-state index is 12.1. The van der Waals surface area contributed by atoms with E-state index in [0.717, 1.165) is 19.6 Å². The molecule has 0 bridgehead atoms. The molecule has 0 spiro atoms. The maximum Gasteiger partial charge on any atom is 0.342 e. The van der Waals surface area contributed by atoms with Gasteiger partial charge in [-0.25, -0.2) is 4.79 Å². The monoisotopic (exact) mass is 266 g/mol. The lowest BCUT2D eigenvalue weighted by Gasteiger charge is -2.20. The minimum atomic E-state index is -0.323. The number of para-hydroxylation sites is 1. The average molecular weight is 266 g/mol. The molecule has 0 aliphatic rings. The summed E-state index contributed by atoms with van der Waals surface area (Å²) in [6.07, 6.45) is -0.104. The van der Waals surface area contributed by atoms with Crippen LogP contribution in [-0.4, -0.2) is 38.8 Å². The molecule has 4 nitrogen and oxygen atoms in total. The van der Waals surface area contributed by atoms with Crippen LogP contribution in [0.5, 0.6) is 5.75 Å². The molecule has 0 saturated carbocycles. The van der Waals surface area contributed by atoms with E-state index >= 15 is 0 Å². The van der Waals surface area contributed by atoms with Gasteiger partial charge in [0.2, 0.25) is 0 Å². The second-order valence-electron chi connectivity index (χ2n) is 4.58. The Morgan fingerprint density at radius 2 is 1.89 bits per heavy atom. The largest absolute Gasteiger partial charge is 0.496 e. The summed E-state index contributed by atoms with van der Waals surface area (Å²) in [5, 5.41) is 0. The summed E-state index contributed by atoms with van der Waals surface area (Å²) in [6, 6.07) is 7.12. The van der Waals surface area contributed by atoms with E-state index in [1.165, 1.54) is 4.90 Å². The maximum absolute atomic E-state index is 12.1. The first-order chi connectivity index (χ1) is 9.12. The van der Waals surface area contributed by atoms with Crippen molar-refractivity contribution in [3.8, 4) is 5.75 Å². The topological polar surface area (TPSA) is 40.0 Å². The quantitative estimate of drug-likeness (QED) is 0.753. The summed E-state index contributed by atoms with van der Waals surface area (Å²) < 4.78 is 10.6. The van der Waals surface area contributed by atoms with Gasteiger partial charge in [-0.3, -0.25) is 0 Å². The van der Waals surface area contributed by atoms with Crippen molar-refractivity contribution >= 4 is 5.97 Å². The van der Waals surface area contributed by atoms with Crippen molar-refractivity contribution in [2.45, 2.75) is 26.9 Å². The van der Waals surface area contributed by atoms with E-state index in [1.54, 1.807) is 25.3 Å². The molecule has 0 aromatic heterocycles. The van der Waals surface area contributed by atoms with Gasteiger partial charge in [0, 0.05) is 0 Å². The second kappa shape index (κ2) is 7.79. The highest BCUT2D eigenvalue weighted by atomic mass is 16.5. The van der Waals surface area contributed by atoms with Crippen molar-refractivity contribution < 1.29 is 19.2 Å². The zero-order chi connectivity index (χ0) is 14.3. The van der Waals surface area contributed by atoms with Gasteiger partial charge in [0.05, 0.1) is 20.2 Å². The number of carbonyl (C=O) groups excluding carboxylic acids is 1. The molecule has 1 N–H and O–H groups in total. The molecular formula is C15H24NO3+. The molecule has 1 atom stereocenters. The van der Waals surface area contributed by atoms with E-state index in [0.29, 0.717) is 11.3 Å². The van der Waals surface area contributed by atoms with E-state index in [4.69, 9.17) is 9.47 Å². The fourth-order valence-corrected chi connectivity index (χ4v) is 2.05. The van der Waals surface area contributed by atoms with Crippen molar-refractivity contribution in [1.29, 1.82) is 0 Å². The lowest BCUT2D eigenvalue weighted by molar-refractivity contribution is -0.899.